The summed E-state index contributed by atoms with van der Waals surface area (Å²) in [6.07, 6.45) is 5.94. The molecule has 10 nitrogen and oxygen atoms in total. The predicted molar refractivity (Wildman–Crippen MR) is 163 cm³/mol. The van der Waals surface area contributed by atoms with Crippen LogP contribution in [0.2, 0.25) is 0 Å². The lowest BCUT2D eigenvalue weighted by atomic mass is 9.87. The number of amides is 2. The molecule has 2 aliphatic rings. The molecule has 2 amide bonds. The van der Waals surface area contributed by atoms with Gasteiger partial charge in [-0.3, -0.25) is 14.6 Å². The lowest BCUT2D eigenvalue weighted by Crippen LogP contribution is -2.56. The van der Waals surface area contributed by atoms with E-state index in [0.29, 0.717) is 61.4 Å². The van der Waals surface area contributed by atoms with Gasteiger partial charge in [-0.05, 0) is 34.8 Å². The van der Waals surface area contributed by atoms with Gasteiger partial charge in [0.05, 0.1) is 22.1 Å². The minimum Gasteiger partial charge on any atom is -0.383 e. The van der Waals surface area contributed by atoms with Crippen LogP contribution in [0.15, 0.2) is 59.3 Å². The Morgan fingerprint density at radius 1 is 1.00 bits per heavy atom. The lowest BCUT2D eigenvalue weighted by molar-refractivity contribution is -0.159. The average molecular weight is 633 g/mol. The van der Waals surface area contributed by atoms with Gasteiger partial charge >= 0.3 is 0 Å². The molecule has 5 heterocycles. The standard InChI is InChI=1S/C31H34BrN7O3/c1-2-25(40)37-16-12-31(42,13-17-37)30(41)38-14-10-21(11-15-38)27-26(32)28(33)39-29(36-27)23(19-35-39)22-8-9-24(34-18-22)20-6-4-3-5-7-20/h3-9,18-19,21,42H,2,10-17,33H2,1H3. The van der Waals surface area contributed by atoms with Crippen LogP contribution in [0.25, 0.3) is 28.0 Å². The minimum absolute atomic E-state index is 0.0569. The Balaban J connectivity index is 1.19. The largest absolute Gasteiger partial charge is 0.383 e. The van der Waals surface area contributed by atoms with E-state index in [1.165, 1.54) is 0 Å². The molecule has 1 aromatic carbocycles. The number of nitrogens with zero attached hydrogens (tertiary/aromatic N) is 6. The van der Waals surface area contributed by atoms with Gasteiger partial charge in [0.15, 0.2) is 5.65 Å². The van der Waals surface area contributed by atoms with Crippen LogP contribution < -0.4 is 5.73 Å². The van der Waals surface area contributed by atoms with Gasteiger partial charge in [-0.15, -0.1) is 0 Å². The number of carbonyl (C=O) groups excluding carboxylic acids is 2. The first-order valence-electron chi connectivity index (χ1n) is 14.4. The quantitative estimate of drug-likeness (QED) is 0.336. The van der Waals surface area contributed by atoms with E-state index in [4.69, 9.17) is 10.7 Å². The van der Waals surface area contributed by atoms with Crippen molar-refractivity contribution in [3.8, 4) is 22.4 Å². The van der Waals surface area contributed by atoms with E-state index >= 15 is 0 Å². The van der Waals surface area contributed by atoms with Gasteiger partial charge in [0, 0.05) is 74.2 Å². The number of carbonyl (C=O) groups is 2. The molecule has 2 saturated heterocycles. The summed E-state index contributed by atoms with van der Waals surface area (Å²) in [5.74, 6) is 0.365. The first kappa shape index (κ1) is 28.3. The van der Waals surface area contributed by atoms with Crippen molar-refractivity contribution >= 4 is 39.2 Å². The van der Waals surface area contributed by atoms with Crippen LogP contribution in [0, 0.1) is 0 Å². The summed E-state index contributed by atoms with van der Waals surface area (Å²) in [6, 6.07) is 14.0. The van der Waals surface area contributed by atoms with Crippen LogP contribution in [-0.4, -0.2) is 78.1 Å². The fourth-order valence-corrected chi connectivity index (χ4v) is 6.61. The predicted octanol–water partition coefficient (Wildman–Crippen LogP) is 4.27. The Bertz CT molecular complexity index is 1610. The van der Waals surface area contributed by atoms with Crippen molar-refractivity contribution in [3.05, 3.63) is 65.0 Å². The van der Waals surface area contributed by atoms with E-state index in [1.54, 1.807) is 20.5 Å². The number of hydrogen-bond acceptors (Lipinski definition) is 7. The molecule has 0 radical (unpaired) electrons. The van der Waals surface area contributed by atoms with Crippen molar-refractivity contribution in [2.45, 2.75) is 50.5 Å². The van der Waals surface area contributed by atoms with Crippen LogP contribution >= 0.6 is 15.9 Å². The molecule has 0 spiro atoms. The second kappa shape index (κ2) is 11.4. The maximum atomic E-state index is 13.4. The number of likely N-dealkylation sites (tertiary alicyclic amines) is 2. The van der Waals surface area contributed by atoms with E-state index in [1.807, 2.05) is 55.6 Å². The summed E-state index contributed by atoms with van der Waals surface area (Å²) in [4.78, 5) is 38.6. The number of nitrogen functional groups attached to an aromatic ring is 1. The fraction of sp³-hybridized carbons (Fsp3) is 0.387. The zero-order chi connectivity index (χ0) is 29.4. The molecule has 0 atom stereocenters. The number of benzene rings is 1. The van der Waals surface area contributed by atoms with Crippen LogP contribution in [0.4, 0.5) is 5.82 Å². The maximum absolute atomic E-state index is 13.4. The highest BCUT2D eigenvalue weighted by Gasteiger charge is 2.43. The van der Waals surface area contributed by atoms with Gasteiger partial charge in [0.1, 0.15) is 11.4 Å². The number of pyridine rings is 1. The molecule has 218 valence electrons. The van der Waals surface area contributed by atoms with Gasteiger partial charge < -0.3 is 20.6 Å². The van der Waals surface area contributed by atoms with Crippen molar-refractivity contribution in [2.75, 3.05) is 31.9 Å². The monoisotopic (exact) mass is 631 g/mol. The number of halogens is 1. The van der Waals surface area contributed by atoms with Crippen molar-refractivity contribution in [1.82, 2.24) is 29.4 Å². The minimum atomic E-state index is -1.42. The van der Waals surface area contributed by atoms with E-state index in [9.17, 15) is 14.7 Å². The molecule has 0 aliphatic carbocycles. The van der Waals surface area contributed by atoms with Crippen LogP contribution in [0.3, 0.4) is 0 Å². The smallest absolute Gasteiger partial charge is 0.254 e. The highest BCUT2D eigenvalue weighted by Crippen LogP contribution is 2.38. The zero-order valence-corrected chi connectivity index (χ0v) is 25.1. The number of anilines is 1. The zero-order valence-electron chi connectivity index (χ0n) is 23.5. The van der Waals surface area contributed by atoms with Crippen molar-refractivity contribution in [3.63, 3.8) is 0 Å². The number of piperidine rings is 2. The first-order chi connectivity index (χ1) is 20.3. The van der Waals surface area contributed by atoms with E-state index in [0.717, 1.165) is 28.1 Å². The second-order valence-corrected chi connectivity index (χ2v) is 11.9. The molecule has 2 aliphatic heterocycles. The third-order valence-electron chi connectivity index (χ3n) is 8.60. The van der Waals surface area contributed by atoms with Gasteiger partial charge in [-0.25, -0.2) is 4.98 Å². The molecule has 4 aromatic rings. The summed E-state index contributed by atoms with van der Waals surface area (Å²) in [5.41, 5.74) is 10.3. The molecule has 0 bridgehead atoms. The summed E-state index contributed by atoms with van der Waals surface area (Å²) < 4.78 is 2.34. The maximum Gasteiger partial charge on any atom is 0.254 e. The molecule has 3 aromatic heterocycles. The molecule has 3 N–H and O–H groups in total. The SMILES string of the molecule is CCC(=O)N1CCC(O)(C(=O)N2CCC(c3nc4c(-c5ccc(-c6ccccc6)nc5)cnn4c(N)c3Br)CC2)CC1. The first-order valence-corrected chi connectivity index (χ1v) is 15.2. The summed E-state index contributed by atoms with van der Waals surface area (Å²) in [6.45, 7) is 3.66. The third kappa shape index (κ3) is 5.15. The van der Waals surface area contributed by atoms with Crippen LogP contribution in [0.1, 0.15) is 50.6 Å². The summed E-state index contributed by atoms with van der Waals surface area (Å²) in [7, 11) is 0. The van der Waals surface area contributed by atoms with E-state index in [2.05, 4.69) is 26.0 Å². The van der Waals surface area contributed by atoms with Crippen LogP contribution in [0.5, 0.6) is 0 Å². The lowest BCUT2D eigenvalue weighted by Gasteiger charge is -2.41. The molecular formula is C31H34BrN7O3. The van der Waals surface area contributed by atoms with Gasteiger partial charge in [0.2, 0.25) is 5.91 Å². The van der Waals surface area contributed by atoms with Crippen molar-refractivity contribution in [1.29, 1.82) is 0 Å². The molecule has 42 heavy (non-hydrogen) atoms. The molecule has 0 unspecified atom stereocenters. The highest BCUT2D eigenvalue weighted by atomic mass is 79.9. The number of aliphatic hydroxyl groups is 1. The Kier molecular flexibility index (Phi) is 7.71. The highest BCUT2D eigenvalue weighted by molar-refractivity contribution is 9.10. The van der Waals surface area contributed by atoms with E-state index in [-0.39, 0.29) is 30.6 Å². The Labute approximate surface area is 252 Å². The fourth-order valence-electron chi connectivity index (χ4n) is 6.03. The Hall–Kier alpha value is -3.83. The third-order valence-corrected chi connectivity index (χ3v) is 9.42. The summed E-state index contributed by atoms with van der Waals surface area (Å²) >= 11 is 3.66. The van der Waals surface area contributed by atoms with Crippen molar-refractivity contribution in [2.24, 2.45) is 0 Å². The van der Waals surface area contributed by atoms with Gasteiger partial charge in [-0.1, -0.05) is 43.3 Å². The van der Waals surface area contributed by atoms with Crippen LogP contribution in [-0.2, 0) is 9.59 Å². The summed E-state index contributed by atoms with van der Waals surface area (Å²) in [5, 5.41) is 15.7. The Morgan fingerprint density at radius 3 is 2.36 bits per heavy atom. The molecule has 0 saturated carbocycles. The molecule has 11 heteroatoms. The van der Waals surface area contributed by atoms with Gasteiger partial charge in [0.25, 0.3) is 5.91 Å². The second-order valence-electron chi connectivity index (χ2n) is 11.1. The number of aromatic nitrogens is 4. The number of rotatable bonds is 5. The average Bonchev–Trinajstić information content (AvgIpc) is 3.47. The van der Waals surface area contributed by atoms with Gasteiger partial charge in [-0.2, -0.15) is 9.61 Å². The topological polar surface area (TPSA) is 130 Å². The van der Waals surface area contributed by atoms with E-state index < -0.39 is 5.60 Å². The number of fused-ring (bicyclic) bond motifs is 1. The number of nitrogens with two attached hydrogens (primary N) is 1. The molecule has 2 fully saturated rings. The normalized spacial score (nSPS) is 17.5. The van der Waals surface area contributed by atoms with Crippen molar-refractivity contribution < 1.29 is 14.7 Å². The number of hydrogen-bond donors (Lipinski definition) is 2. The Morgan fingerprint density at radius 2 is 1.71 bits per heavy atom. The molecule has 6 rings (SSSR count). The molecular weight excluding hydrogens is 598 g/mol.